The number of rotatable bonds is 8. The van der Waals surface area contributed by atoms with E-state index < -0.39 is 23.6 Å². The molecule has 3 heterocycles. The third kappa shape index (κ3) is 6.99. The minimum atomic E-state index is -1.12. The van der Waals surface area contributed by atoms with E-state index >= 15 is 0 Å². The van der Waals surface area contributed by atoms with Crippen LogP contribution < -0.4 is 15.4 Å². The van der Waals surface area contributed by atoms with Crippen molar-refractivity contribution >= 4 is 40.2 Å². The van der Waals surface area contributed by atoms with E-state index in [1.54, 1.807) is 11.0 Å². The zero-order valence-electron chi connectivity index (χ0n) is 24.0. The summed E-state index contributed by atoms with van der Waals surface area (Å²) in [5.41, 5.74) is 0.685. The van der Waals surface area contributed by atoms with Crippen LogP contribution in [0.15, 0.2) is 48.8 Å². The molecule has 1 aliphatic heterocycles. The minimum Gasteiger partial charge on any atom is -0.493 e. The van der Waals surface area contributed by atoms with Crippen LogP contribution in [-0.4, -0.2) is 61.4 Å². The molecule has 1 fully saturated rings. The van der Waals surface area contributed by atoms with Gasteiger partial charge in [-0.15, -0.1) is 0 Å². The fourth-order valence-electron chi connectivity index (χ4n) is 5.29. The number of piperidine rings is 1. The fraction of sp³-hybridized carbons (Fsp3) is 0.367. The number of H-pyrrole nitrogens is 1. The monoisotopic (exact) mass is 593 g/mol. The summed E-state index contributed by atoms with van der Waals surface area (Å²) < 4.78 is 33.4. The molecule has 0 aliphatic carbocycles. The van der Waals surface area contributed by atoms with Crippen molar-refractivity contribution in [2.75, 3.05) is 23.8 Å². The Balaban J connectivity index is 1.20. The first-order valence-corrected chi connectivity index (χ1v) is 13.9. The maximum atomic E-state index is 13.9. The molecule has 43 heavy (non-hydrogen) atoms. The van der Waals surface area contributed by atoms with Crippen LogP contribution in [0, 0.1) is 23.0 Å². The summed E-state index contributed by atoms with van der Waals surface area (Å²) >= 11 is 0. The third-order valence-corrected chi connectivity index (χ3v) is 7.50. The quantitative estimate of drug-likeness (QED) is 0.202. The highest BCUT2D eigenvalue weighted by molar-refractivity contribution is 5.93. The Hall–Kier alpha value is -4.81. The van der Waals surface area contributed by atoms with Crippen molar-refractivity contribution < 1.29 is 28.2 Å². The Kier molecular flexibility index (Phi) is 8.42. The summed E-state index contributed by atoms with van der Waals surface area (Å²) in [4.78, 5) is 34.3. The largest absolute Gasteiger partial charge is 0.493 e. The van der Waals surface area contributed by atoms with E-state index in [0.717, 1.165) is 24.3 Å². The van der Waals surface area contributed by atoms with Crippen molar-refractivity contribution in [3.63, 3.8) is 0 Å². The topological polar surface area (TPSA) is 145 Å². The second-order valence-electron chi connectivity index (χ2n) is 11.7. The first-order chi connectivity index (χ1) is 20.5. The zero-order chi connectivity index (χ0) is 30.7. The van der Waals surface area contributed by atoms with Crippen molar-refractivity contribution in [2.24, 2.45) is 11.3 Å². The SMILES string of the molecule is CC(C)(C)C1CC(COc2ccc3c(Nc4cc(CC(=O)Nc5cccc(F)c5F)[nH]n4)ncnc3c2)CCN1C(=O)O. The molecule has 1 aliphatic rings. The number of fused-ring (bicyclic) bond motifs is 1. The molecule has 13 heteroatoms. The van der Waals surface area contributed by atoms with Crippen LogP contribution in [0.2, 0.25) is 0 Å². The molecule has 5 rings (SSSR count). The normalized spacial score (nSPS) is 17.1. The number of likely N-dealkylation sites (tertiary alicyclic amines) is 1. The standard InChI is InChI=1S/C30H33F2N7O4/c1-30(2,3)24-11-17(9-10-39(24)29(41)42)15-43-19-7-8-20-23(14-19)33-16-34-28(20)36-25-12-18(37-38-25)13-26(40)35-22-6-4-5-21(31)27(22)32/h4-8,12,14,16-17,24H,9-11,13,15H2,1-3H3,(H,35,40)(H,41,42)(H2,33,34,36,37,38). The lowest BCUT2D eigenvalue weighted by atomic mass is 9.77. The maximum Gasteiger partial charge on any atom is 0.407 e. The number of nitrogens with zero attached hydrogens (tertiary/aromatic N) is 4. The molecule has 2 amide bonds. The van der Waals surface area contributed by atoms with Gasteiger partial charge >= 0.3 is 6.09 Å². The van der Waals surface area contributed by atoms with Gasteiger partial charge in [-0.2, -0.15) is 5.10 Å². The number of nitrogens with one attached hydrogen (secondary N) is 3. The Labute approximate surface area is 246 Å². The van der Waals surface area contributed by atoms with Crippen LogP contribution >= 0.6 is 0 Å². The average Bonchev–Trinajstić information content (AvgIpc) is 3.40. The molecule has 0 radical (unpaired) electrons. The number of carbonyl (C=O) groups is 2. The van der Waals surface area contributed by atoms with Crippen LogP contribution in [-0.2, 0) is 11.2 Å². The molecular weight excluding hydrogens is 560 g/mol. The van der Waals surface area contributed by atoms with E-state index in [4.69, 9.17) is 4.74 Å². The predicted molar refractivity (Wildman–Crippen MR) is 156 cm³/mol. The molecule has 0 spiro atoms. The highest BCUT2D eigenvalue weighted by atomic mass is 19.2. The molecule has 11 nitrogen and oxygen atoms in total. The first-order valence-electron chi connectivity index (χ1n) is 13.9. The number of carbonyl (C=O) groups excluding carboxylic acids is 1. The second kappa shape index (κ2) is 12.2. The third-order valence-electron chi connectivity index (χ3n) is 7.50. The highest BCUT2D eigenvalue weighted by Gasteiger charge is 2.38. The molecule has 2 aromatic heterocycles. The smallest absolute Gasteiger partial charge is 0.407 e. The maximum absolute atomic E-state index is 13.9. The average molecular weight is 594 g/mol. The van der Waals surface area contributed by atoms with E-state index in [1.807, 2.05) is 18.2 Å². The number of hydrogen-bond acceptors (Lipinski definition) is 7. The van der Waals surface area contributed by atoms with Gasteiger partial charge < -0.3 is 25.4 Å². The van der Waals surface area contributed by atoms with E-state index in [0.29, 0.717) is 41.7 Å². The van der Waals surface area contributed by atoms with Crippen LogP contribution in [0.4, 0.5) is 30.9 Å². The van der Waals surface area contributed by atoms with Crippen molar-refractivity contribution in [3.8, 4) is 5.75 Å². The van der Waals surface area contributed by atoms with E-state index in [2.05, 4.69) is 51.6 Å². The van der Waals surface area contributed by atoms with E-state index in [9.17, 15) is 23.5 Å². The van der Waals surface area contributed by atoms with Crippen LogP contribution in [0.3, 0.4) is 0 Å². The highest BCUT2D eigenvalue weighted by Crippen LogP contribution is 2.35. The number of aromatic nitrogens is 4. The van der Waals surface area contributed by atoms with Crippen molar-refractivity contribution in [3.05, 3.63) is 66.1 Å². The molecule has 2 unspecified atom stereocenters. The zero-order valence-corrected chi connectivity index (χ0v) is 24.0. The summed E-state index contributed by atoms with van der Waals surface area (Å²) in [6, 6.07) is 10.6. The molecule has 0 bridgehead atoms. The van der Waals surface area contributed by atoms with Gasteiger partial charge in [-0.1, -0.05) is 26.8 Å². The lowest BCUT2D eigenvalue weighted by Crippen LogP contribution is -2.52. The van der Waals surface area contributed by atoms with Gasteiger partial charge in [0.05, 0.1) is 24.2 Å². The summed E-state index contributed by atoms with van der Waals surface area (Å²) in [7, 11) is 0. The van der Waals surface area contributed by atoms with Gasteiger partial charge in [0.1, 0.15) is 17.9 Å². The van der Waals surface area contributed by atoms with Gasteiger partial charge in [-0.3, -0.25) is 9.89 Å². The number of aromatic amines is 1. The molecular formula is C30H33F2N7O4. The van der Waals surface area contributed by atoms with Gasteiger partial charge in [-0.05, 0) is 48.4 Å². The predicted octanol–water partition coefficient (Wildman–Crippen LogP) is 5.74. The molecule has 1 saturated heterocycles. The van der Waals surface area contributed by atoms with Crippen molar-refractivity contribution in [1.29, 1.82) is 0 Å². The molecule has 2 aromatic carbocycles. The Morgan fingerprint density at radius 1 is 1.16 bits per heavy atom. The van der Waals surface area contributed by atoms with Crippen molar-refractivity contribution in [1.82, 2.24) is 25.1 Å². The Morgan fingerprint density at radius 3 is 2.74 bits per heavy atom. The van der Waals surface area contributed by atoms with Gasteiger partial charge in [0.2, 0.25) is 5.91 Å². The Morgan fingerprint density at radius 2 is 1.98 bits per heavy atom. The molecule has 4 aromatic rings. The lowest BCUT2D eigenvalue weighted by molar-refractivity contribution is -0.115. The van der Waals surface area contributed by atoms with E-state index in [1.165, 1.54) is 18.5 Å². The molecule has 2 atom stereocenters. The number of amides is 2. The summed E-state index contributed by atoms with van der Waals surface area (Å²) in [6.07, 6.45) is 1.86. The van der Waals surface area contributed by atoms with Crippen LogP contribution in [0.1, 0.15) is 39.3 Å². The number of carboxylic acid groups (broad SMARTS) is 1. The number of anilines is 3. The number of hydrogen-bond donors (Lipinski definition) is 4. The fourth-order valence-corrected chi connectivity index (χ4v) is 5.29. The summed E-state index contributed by atoms with van der Waals surface area (Å²) in [6.45, 7) is 7.13. The number of ether oxygens (including phenoxy) is 1. The van der Waals surface area contributed by atoms with Crippen molar-refractivity contribution in [2.45, 2.75) is 46.1 Å². The van der Waals surface area contributed by atoms with Crippen LogP contribution in [0.5, 0.6) is 5.75 Å². The van der Waals surface area contributed by atoms with Crippen LogP contribution in [0.25, 0.3) is 10.9 Å². The number of benzene rings is 2. The van der Waals surface area contributed by atoms with Gasteiger partial charge in [-0.25, -0.2) is 23.5 Å². The summed E-state index contributed by atoms with van der Waals surface area (Å²) in [5, 5.41) is 22.7. The van der Waals surface area contributed by atoms with Gasteiger partial charge in [0, 0.05) is 35.8 Å². The minimum absolute atomic E-state index is 0.0845. The second-order valence-corrected chi connectivity index (χ2v) is 11.7. The lowest BCUT2D eigenvalue weighted by Gasteiger charge is -2.44. The molecule has 0 saturated carbocycles. The van der Waals surface area contributed by atoms with Gasteiger partial charge in [0.15, 0.2) is 17.5 Å². The molecule has 4 N–H and O–H groups in total. The number of halogens is 2. The summed E-state index contributed by atoms with van der Waals surface area (Å²) in [5.74, 6) is -0.941. The van der Waals surface area contributed by atoms with Gasteiger partial charge in [0.25, 0.3) is 0 Å². The first kappa shape index (κ1) is 29.7. The Bertz CT molecular complexity index is 1640. The van der Waals surface area contributed by atoms with E-state index in [-0.39, 0.29) is 29.5 Å². The molecule has 226 valence electrons.